The molecule has 0 amide bonds. The van der Waals surface area contributed by atoms with Gasteiger partial charge in [0, 0.05) is 5.56 Å². The Kier molecular flexibility index (Phi) is 4.00. The minimum Gasteiger partial charge on any atom is -0.308 e. The standard InChI is InChI=1S/C15H21F2N/c1-11(2)12-6-8-13(9-7-12)15(16,17)14-5-3-4-10-18-14/h6-9,11,14,18H,3-5,10H2,1-2H3. The molecule has 0 aromatic heterocycles. The highest BCUT2D eigenvalue weighted by Gasteiger charge is 2.41. The van der Waals surface area contributed by atoms with Gasteiger partial charge in [0.15, 0.2) is 0 Å². The number of piperidine rings is 1. The lowest BCUT2D eigenvalue weighted by atomic mass is 9.92. The van der Waals surface area contributed by atoms with Crippen molar-refractivity contribution in [3.63, 3.8) is 0 Å². The molecule has 3 heteroatoms. The average Bonchev–Trinajstić information content (AvgIpc) is 2.40. The van der Waals surface area contributed by atoms with Gasteiger partial charge >= 0.3 is 0 Å². The maximum absolute atomic E-state index is 14.3. The molecule has 1 saturated heterocycles. The normalized spacial score (nSPS) is 21.3. The number of rotatable bonds is 3. The zero-order valence-corrected chi connectivity index (χ0v) is 11.0. The highest BCUT2D eigenvalue weighted by molar-refractivity contribution is 5.28. The van der Waals surface area contributed by atoms with Crippen molar-refractivity contribution in [2.75, 3.05) is 6.54 Å². The van der Waals surface area contributed by atoms with Gasteiger partial charge in [0.1, 0.15) is 0 Å². The summed E-state index contributed by atoms with van der Waals surface area (Å²) in [5.74, 6) is -2.39. The summed E-state index contributed by atoms with van der Waals surface area (Å²) in [6, 6.07) is 6.07. The summed E-state index contributed by atoms with van der Waals surface area (Å²) < 4.78 is 28.6. The molecule has 0 spiro atoms. The number of hydrogen-bond donors (Lipinski definition) is 1. The predicted octanol–water partition coefficient (Wildman–Crippen LogP) is 4.04. The first-order valence-electron chi connectivity index (χ1n) is 6.73. The van der Waals surface area contributed by atoms with Gasteiger partial charge in [-0.2, -0.15) is 8.78 Å². The van der Waals surface area contributed by atoms with Crippen molar-refractivity contribution in [2.45, 2.75) is 51.0 Å². The number of hydrogen-bond acceptors (Lipinski definition) is 1. The lowest BCUT2D eigenvalue weighted by Gasteiger charge is -2.31. The topological polar surface area (TPSA) is 12.0 Å². The third kappa shape index (κ3) is 2.72. The Labute approximate surface area is 108 Å². The van der Waals surface area contributed by atoms with Gasteiger partial charge < -0.3 is 5.32 Å². The van der Waals surface area contributed by atoms with Gasteiger partial charge in [-0.05, 0) is 30.9 Å². The molecular weight excluding hydrogens is 232 g/mol. The molecule has 0 aliphatic carbocycles. The highest BCUT2D eigenvalue weighted by Crippen LogP contribution is 2.35. The Bertz CT molecular complexity index is 378. The van der Waals surface area contributed by atoms with E-state index >= 15 is 0 Å². The molecule has 1 heterocycles. The molecule has 0 bridgehead atoms. The molecule has 1 nitrogen and oxygen atoms in total. The molecule has 1 aliphatic heterocycles. The second-order valence-corrected chi connectivity index (χ2v) is 5.40. The van der Waals surface area contributed by atoms with E-state index in [0.29, 0.717) is 18.9 Å². The lowest BCUT2D eigenvalue weighted by molar-refractivity contribution is -0.0512. The number of benzene rings is 1. The van der Waals surface area contributed by atoms with Crippen LogP contribution in [0.25, 0.3) is 0 Å². The van der Waals surface area contributed by atoms with Crippen molar-refractivity contribution in [3.05, 3.63) is 35.4 Å². The van der Waals surface area contributed by atoms with E-state index in [1.165, 1.54) is 0 Å². The quantitative estimate of drug-likeness (QED) is 0.857. The van der Waals surface area contributed by atoms with Crippen molar-refractivity contribution < 1.29 is 8.78 Å². The molecule has 18 heavy (non-hydrogen) atoms. The first-order chi connectivity index (χ1) is 8.51. The van der Waals surface area contributed by atoms with Crippen molar-refractivity contribution in [1.29, 1.82) is 0 Å². The third-order valence-electron chi connectivity index (χ3n) is 3.71. The zero-order chi connectivity index (χ0) is 13.2. The van der Waals surface area contributed by atoms with E-state index in [1.54, 1.807) is 12.1 Å². The van der Waals surface area contributed by atoms with Crippen molar-refractivity contribution in [3.8, 4) is 0 Å². The average molecular weight is 253 g/mol. The van der Waals surface area contributed by atoms with E-state index < -0.39 is 12.0 Å². The van der Waals surface area contributed by atoms with Crippen LogP contribution in [0.4, 0.5) is 8.78 Å². The van der Waals surface area contributed by atoms with Crippen molar-refractivity contribution >= 4 is 0 Å². The van der Waals surface area contributed by atoms with Gasteiger partial charge in [-0.15, -0.1) is 0 Å². The molecule has 1 aromatic carbocycles. The van der Waals surface area contributed by atoms with Crippen LogP contribution in [0.15, 0.2) is 24.3 Å². The summed E-state index contributed by atoms with van der Waals surface area (Å²) in [6.07, 6.45) is 2.44. The van der Waals surface area contributed by atoms with Crippen LogP contribution < -0.4 is 5.32 Å². The van der Waals surface area contributed by atoms with Crippen LogP contribution in [0.5, 0.6) is 0 Å². The Balaban J connectivity index is 2.17. The molecule has 2 rings (SSSR count). The summed E-state index contributed by atoms with van der Waals surface area (Å²) in [4.78, 5) is 0. The lowest BCUT2D eigenvalue weighted by Crippen LogP contribution is -2.45. The maximum atomic E-state index is 14.3. The SMILES string of the molecule is CC(C)c1ccc(C(F)(F)C2CCCCN2)cc1. The number of nitrogens with one attached hydrogen (secondary N) is 1. The van der Waals surface area contributed by atoms with Gasteiger partial charge in [0.2, 0.25) is 0 Å². The van der Waals surface area contributed by atoms with E-state index in [4.69, 9.17) is 0 Å². The van der Waals surface area contributed by atoms with E-state index in [0.717, 1.165) is 18.4 Å². The summed E-state index contributed by atoms with van der Waals surface area (Å²) in [6.45, 7) is 4.83. The fourth-order valence-electron chi connectivity index (χ4n) is 2.45. The van der Waals surface area contributed by atoms with Gasteiger partial charge in [-0.25, -0.2) is 0 Å². The number of alkyl halides is 2. The fraction of sp³-hybridized carbons (Fsp3) is 0.600. The van der Waals surface area contributed by atoms with Gasteiger partial charge in [-0.1, -0.05) is 44.5 Å². The van der Waals surface area contributed by atoms with Gasteiger partial charge in [-0.3, -0.25) is 0 Å². The van der Waals surface area contributed by atoms with E-state index in [1.807, 2.05) is 12.1 Å². The molecule has 1 unspecified atom stereocenters. The van der Waals surface area contributed by atoms with Crippen LogP contribution in [0.2, 0.25) is 0 Å². The Morgan fingerprint density at radius 3 is 2.33 bits per heavy atom. The molecule has 1 N–H and O–H groups in total. The Hall–Kier alpha value is -0.960. The second kappa shape index (κ2) is 5.35. The summed E-state index contributed by atoms with van der Waals surface area (Å²) in [5.41, 5.74) is 1.23. The molecule has 1 atom stereocenters. The second-order valence-electron chi connectivity index (χ2n) is 5.40. The Morgan fingerprint density at radius 2 is 1.83 bits per heavy atom. The zero-order valence-electron chi connectivity index (χ0n) is 11.0. The van der Waals surface area contributed by atoms with Crippen LogP contribution in [0, 0.1) is 0 Å². The monoisotopic (exact) mass is 253 g/mol. The minimum atomic E-state index is -2.77. The van der Waals surface area contributed by atoms with Gasteiger partial charge in [0.25, 0.3) is 5.92 Å². The minimum absolute atomic E-state index is 0.131. The molecule has 100 valence electrons. The highest BCUT2D eigenvalue weighted by atomic mass is 19.3. The van der Waals surface area contributed by atoms with E-state index in [9.17, 15) is 8.78 Å². The third-order valence-corrected chi connectivity index (χ3v) is 3.71. The molecule has 0 saturated carbocycles. The van der Waals surface area contributed by atoms with Crippen LogP contribution >= 0.6 is 0 Å². The molecule has 1 aromatic rings. The molecule has 1 aliphatic rings. The van der Waals surface area contributed by atoms with Crippen LogP contribution in [-0.2, 0) is 5.92 Å². The molecule has 0 radical (unpaired) electrons. The summed E-state index contributed by atoms with van der Waals surface area (Å²) >= 11 is 0. The summed E-state index contributed by atoms with van der Waals surface area (Å²) in [7, 11) is 0. The largest absolute Gasteiger partial charge is 0.308 e. The smallest absolute Gasteiger partial charge is 0.288 e. The van der Waals surface area contributed by atoms with Crippen LogP contribution in [0.1, 0.15) is 50.2 Å². The predicted molar refractivity (Wildman–Crippen MR) is 70.1 cm³/mol. The van der Waals surface area contributed by atoms with Crippen LogP contribution in [0.3, 0.4) is 0 Å². The molecule has 1 fully saturated rings. The Morgan fingerprint density at radius 1 is 1.17 bits per heavy atom. The van der Waals surface area contributed by atoms with Crippen LogP contribution in [-0.4, -0.2) is 12.6 Å². The number of halogens is 2. The maximum Gasteiger partial charge on any atom is 0.288 e. The summed E-state index contributed by atoms with van der Waals surface area (Å²) in [5, 5.41) is 2.95. The van der Waals surface area contributed by atoms with Crippen molar-refractivity contribution in [1.82, 2.24) is 5.32 Å². The van der Waals surface area contributed by atoms with Crippen molar-refractivity contribution in [2.24, 2.45) is 0 Å². The van der Waals surface area contributed by atoms with Gasteiger partial charge in [0.05, 0.1) is 6.04 Å². The van der Waals surface area contributed by atoms with E-state index in [-0.39, 0.29) is 5.56 Å². The van der Waals surface area contributed by atoms with E-state index in [2.05, 4.69) is 19.2 Å². The first kappa shape index (κ1) is 13.5. The molecular formula is C15H21F2N. The first-order valence-corrected chi connectivity index (χ1v) is 6.73. The fourth-order valence-corrected chi connectivity index (χ4v) is 2.45.